The summed E-state index contributed by atoms with van der Waals surface area (Å²) in [6, 6.07) is 3.85. The van der Waals surface area contributed by atoms with E-state index in [1.165, 1.54) is 6.33 Å². The summed E-state index contributed by atoms with van der Waals surface area (Å²) in [7, 11) is 0. The zero-order valence-electron chi connectivity index (χ0n) is 17.6. The lowest BCUT2D eigenvalue weighted by molar-refractivity contribution is 0.0555. The first kappa shape index (κ1) is 19.7. The molecule has 5 rings (SSSR count). The molecule has 3 aromatic heterocycles. The zero-order chi connectivity index (χ0) is 21.2. The quantitative estimate of drug-likeness (QED) is 0.626. The van der Waals surface area contributed by atoms with Gasteiger partial charge in [-0.2, -0.15) is 5.10 Å². The number of hydrogen-bond acceptors (Lipinski definition) is 7. The highest BCUT2D eigenvalue weighted by Gasteiger charge is 2.29. The van der Waals surface area contributed by atoms with E-state index in [0.29, 0.717) is 24.7 Å². The third-order valence-corrected chi connectivity index (χ3v) is 6.16. The summed E-state index contributed by atoms with van der Waals surface area (Å²) in [6.45, 7) is 3.20. The third kappa shape index (κ3) is 4.04. The van der Waals surface area contributed by atoms with Gasteiger partial charge in [0, 0.05) is 19.3 Å². The molecule has 1 saturated heterocycles. The molecular formula is C22H26N6O3. The number of pyridine rings is 1. The number of amides is 1. The van der Waals surface area contributed by atoms with Gasteiger partial charge in [-0.3, -0.25) is 4.98 Å². The van der Waals surface area contributed by atoms with Crippen molar-refractivity contribution >= 4 is 17.1 Å². The van der Waals surface area contributed by atoms with Gasteiger partial charge in [0.25, 0.3) is 0 Å². The molecule has 0 aromatic carbocycles. The Labute approximate surface area is 180 Å². The van der Waals surface area contributed by atoms with Crippen LogP contribution in [0.3, 0.4) is 0 Å². The summed E-state index contributed by atoms with van der Waals surface area (Å²) in [5, 5.41) is 5.34. The molecule has 2 aliphatic rings. The van der Waals surface area contributed by atoms with E-state index in [9.17, 15) is 4.79 Å². The van der Waals surface area contributed by atoms with E-state index < -0.39 is 0 Å². The minimum Gasteiger partial charge on any atom is -0.446 e. The van der Waals surface area contributed by atoms with E-state index in [2.05, 4.69) is 20.1 Å². The fourth-order valence-corrected chi connectivity index (χ4v) is 4.39. The van der Waals surface area contributed by atoms with Gasteiger partial charge in [0.1, 0.15) is 17.8 Å². The number of likely N-dealkylation sites (tertiary alicyclic amines) is 1. The first-order valence-corrected chi connectivity index (χ1v) is 10.9. The number of ether oxygens (including phenoxy) is 2. The van der Waals surface area contributed by atoms with Gasteiger partial charge in [-0.1, -0.05) is 0 Å². The van der Waals surface area contributed by atoms with Crippen LogP contribution in [0.2, 0.25) is 0 Å². The van der Waals surface area contributed by atoms with Gasteiger partial charge >= 0.3 is 6.09 Å². The van der Waals surface area contributed by atoms with Gasteiger partial charge in [-0.05, 0) is 57.6 Å². The SMILES string of the molecule is Cc1ncccc1Oc1ncnc2c1cnn2C1CCN(C(=O)OC2CCCC2)CC1. The van der Waals surface area contributed by atoms with Crippen LogP contribution in [0.25, 0.3) is 11.0 Å². The highest BCUT2D eigenvalue weighted by atomic mass is 16.6. The Kier molecular flexibility index (Phi) is 5.40. The van der Waals surface area contributed by atoms with E-state index in [4.69, 9.17) is 9.47 Å². The van der Waals surface area contributed by atoms with Crippen LogP contribution >= 0.6 is 0 Å². The average Bonchev–Trinajstić information content (AvgIpc) is 3.46. The Balaban J connectivity index is 1.28. The first-order valence-electron chi connectivity index (χ1n) is 10.9. The Morgan fingerprint density at radius 2 is 1.90 bits per heavy atom. The molecule has 31 heavy (non-hydrogen) atoms. The molecule has 1 aliphatic heterocycles. The van der Waals surface area contributed by atoms with Crippen LogP contribution < -0.4 is 4.74 Å². The van der Waals surface area contributed by atoms with Crippen molar-refractivity contribution in [2.24, 2.45) is 0 Å². The van der Waals surface area contributed by atoms with Crippen molar-refractivity contribution in [3.63, 3.8) is 0 Å². The van der Waals surface area contributed by atoms with Crippen molar-refractivity contribution in [1.82, 2.24) is 29.6 Å². The molecule has 1 amide bonds. The summed E-state index contributed by atoms with van der Waals surface area (Å²) in [6.07, 6.45) is 10.8. The summed E-state index contributed by atoms with van der Waals surface area (Å²) in [4.78, 5) is 27.3. The second-order valence-electron chi connectivity index (χ2n) is 8.20. The normalized spacial score (nSPS) is 17.9. The molecule has 0 N–H and O–H groups in total. The highest BCUT2D eigenvalue weighted by molar-refractivity contribution is 5.80. The first-order chi connectivity index (χ1) is 15.2. The van der Waals surface area contributed by atoms with E-state index in [0.717, 1.165) is 55.3 Å². The third-order valence-electron chi connectivity index (χ3n) is 6.16. The van der Waals surface area contributed by atoms with Crippen LogP contribution in [0.5, 0.6) is 11.6 Å². The molecule has 2 fully saturated rings. The number of aryl methyl sites for hydroxylation is 1. The van der Waals surface area contributed by atoms with Crippen LogP contribution in [0.4, 0.5) is 4.79 Å². The van der Waals surface area contributed by atoms with E-state index in [1.807, 2.05) is 28.6 Å². The van der Waals surface area contributed by atoms with Gasteiger partial charge in [-0.15, -0.1) is 0 Å². The molecule has 1 aliphatic carbocycles. The van der Waals surface area contributed by atoms with E-state index >= 15 is 0 Å². The second-order valence-corrected chi connectivity index (χ2v) is 8.20. The Hall–Kier alpha value is -3.23. The molecular weight excluding hydrogens is 396 g/mol. The minimum absolute atomic E-state index is 0.0962. The van der Waals surface area contributed by atoms with Gasteiger partial charge in [0.05, 0.1) is 17.9 Å². The smallest absolute Gasteiger partial charge is 0.410 e. The topological polar surface area (TPSA) is 95.3 Å². The maximum absolute atomic E-state index is 12.4. The number of aromatic nitrogens is 5. The predicted molar refractivity (Wildman–Crippen MR) is 113 cm³/mol. The maximum atomic E-state index is 12.4. The predicted octanol–water partition coefficient (Wildman–Crippen LogP) is 4.04. The maximum Gasteiger partial charge on any atom is 0.410 e. The molecule has 9 nitrogen and oxygen atoms in total. The Bertz CT molecular complexity index is 1070. The summed E-state index contributed by atoms with van der Waals surface area (Å²) < 4.78 is 13.6. The molecule has 4 heterocycles. The molecule has 1 saturated carbocycles. The zero-order valence-corrected chi connectivity index (χ0v) is 17.6. The highest BCUT2D eigenvalue weighted by Crippen LogP contribution is 2.31. The molecule has 162 valence electrons. The number of piperidine rings is 1. The van der Waals surface area contributed by atoms with Gasteiger partial charge in [0.15, 0.2) is 11.4 Å². The number of hydrogen-bond donors (Lipinski definition) is 0. The fourth-order valence-electron chi connectivity index (χ4n) is 4.39. The number of carbonyl (C=O) groups is 1. The molecule has 9 heteroatoms. The molecule has 0 unspecified atom stereocenters. The molecule has 3 aromatic rings. The van der Waals surface area contributed by atoms with Crippen LogP contribution in [-0.4, -0.2) is 54.9 Å². The van der Waals surface area contributed by atoms with Crippen LogP contribution in [0, 0.1) is 6.92 Å². The molecule has 0 atom stereocenters. The fraction of sp³-hybridized carbons (Fsp3) is 0.500. The van der Waals surface area contributed by atoms with Crippen molar-refractivity contribution in [2.45, 2.75) is 57.6 Å². The summed E-state index contributed by atoms with van der Waals surface area (Å²) in [5.74, 6) is 1.12. The molecule has 0 bridgehead atoms. The number of rotatable bonds is 4. The van der Waals surface area contributed by atoms with Crippen molar-refractivity contribution in [3.05, 3.63) is 36.5 Å². The van der Waals surface area contributed by atoms with E-state index in [-0.39, 0.29) is 18.2 Å². The lowest BCUT2D eigenvalue weighted by Gasteiger charge is -2.32. The molecule has 0 spiro atoms. The lowest BCUT2D eigenvalue weighted by Crippen LogP contribution is -2.40. The van der Waals surface area contributed by atoms with Gasteiger partial charge < -0.3 is 14.4 Å². The monoisotopic (exact) mass is 422 g/mol. The van der Waals surface area contributed by atoms with Crippen molar-refractivity contribution in [2.75, 3.05) is 13.1 Å². The van der Waals surface area contributed by atoms with Crippen LogP contribution in [0.1, 0.15) is 50.3 Å². The standard InChI is InChI=1S/C22H26N6O3/c1-15-19(7-4-10-23-15)31-21-18-13-26-28(20(18)24-14-25-21)16-8-11-27(12-9-16)22(29)30-17-5-2-3-6-17/h4,7,10,13-14,16-17H,2-3,5-6,8-9,11-12H2,1H3. The van der Waals surface area contributed by atoms with Crippen molar-refractivity contribution in [3.8, 4) is 11.6 Å². The summed E-state index contributed by atoms with van der Waals surface area (Å²) >= 11 is 0. The Morgan fingerprint density at radius 1 is 1.10 bits per heavy atom. The van der Waals surface area contributed by atoms with Gasteiger partial charge in [0.2, 0.25) is 5.88 Å². The minimum atomic E-state index is -0.180. The average molecular weight is 422 g/mol. The second kappa shape index (κ2) is 8.49. The largest absolute Gasteiger partial charge is 0.446 e. The van der Waals surface area contributed by atoms with Crippen LogP contribution in [-0.2, 0) is 4.74 Å². The van der Waals surface area contributed by atoms with Gasteiger partial charge in [-0.25, -0.2) is 19.4 Å². The summed E-state index contributed by atoms with van der Waals surface area (Å²) in [5.41, 5.74) is 1.53. The van der Waals surface area contributed by atoms with Crippen LogP contribution in [0.15, 0.2) is 30.9 Å². The number of fused-ring (bicyclic) bond motifs is 1. The number of nitrogens with zero attached hydrogens (tertiary/aromatic N) is 6. The number of carbonyl (C=O) groups excluding carboxylic acids is 1. The molecule has 0 radical (unpaired) electrons. The van der Waals surface area contributed by atoms with Crippen molar-refractivity contribution in [1.29, 1.82) is 0 Å². The Morgan fingerprint density at radius 3 is 2.68 bits per heavy atom. The van der Waals surface area contributed by atoms with E-state index in [1.54, 1.807) is 12.4 Å². The lowest BCUT2D eigenvalue weighted by atomic mass is 10.1. The van der Waals surface area contributed by atoms with Crippen molar-refractivity contribution < 1.29 is 14.3 Å².